The lowest BCUT2D eigenvalue weighted by Crippen LogP contribution is -2.26. The van der Waals surface area contributed by atoms with E-state index in [-0.39, 0.29) is 0 Å². The normalized spacial score (nSPS) is 33.6. The van der Waals surface area contributed by atoms with Crippen LogP contribution in [0.3, 0.4) is 0 Å². The second-order valence-corrected chi connectivity index (χ2v) is 8.17. The van der Waals surface area contributed by atoms with Crippen LogP contribution in [-0.2, 0) is 0 Å². The molecule has 96 valence electrons. The zero-order valence-corrected chi connectivity index (χ0v) is 12.6. The molecule has 0 saturated heterocycles. The van der Waals surface area contributed by atoms with Crippen molar-refractivity contribution in [2.75, 3.05) is 0 Å². The summed E-state index contributed by atoms with van der Waals surface area (Å²) in [7, 11) is 0. The van der Waals surface area contributed by atoms with Crippen LogP contribution in [0.25, 0.3) is 0 Å². The fourth-order valence-electron chi connectivity index (χ4n) is 3.63. The maximum absolute atomic E-state index is 2.47. The highest BCUT2D eigenvalue weighted by Gasteiger charge is 2.35. The molecule has 1 rings (SSSR count). The number of rotatable bonds is 0. The molecule has 0 aliphatic heterocycles. The first-order chi connectivity index (χ1) is 7.12. The summed E-state index contributed by atoms with van der Waals surface area (Å²) in [5.74, 6) is 2.76. The Morgan fingerprint density at radius 1 is 0.688 bits per heavy atom. The molecular formula is C16H32. The van der Waals surface area contributed by atoms with Gasteiger partial charge in [-0.15, -0.1) is 0 Å². The van der Waals surface area contributed by atoms with Crippen molar-refractivity contribution in [3.63, 3.8) is 0 Å². The van der Waals surface area contributed by atoms with Crippen LogP contribution in [0.2, 0.25) is 0 Å². The first-order valence-electron chi connectivity index (χ1n) is 7.12. The SMILES string of the molecule is CC1CCC(C(C)(C)C)CCC1C(C)(C)C. The van der Waals surface area contributed by atoms with Crippen LogP contribution in [0, 0.1) is 28.6 Å². The van der Waals surface area contributed by atoms with Crippen LogP contribution in [0.4, 0.5) is 0 Å². The Labute approximate surface area is 103 Å². The molecule has 1 aliphatic carbocycles. The van der Waals surface area contributed by atoms with E-state index in [1.807, 2.05) is 0 Å². The van der Waals surface area contributed by atoms with Gasteiger partial charge in [-0.25, -0.2) is 0 Å². The van der Waals surface area contributed by atoms with Crippen molar-refractivity contribution in [2.45, 2.75) is 74.1 Å². The molecule has 3 atom stereocenters. The molecule has 0 amide bonds. The molecule has 16 heavy (non-hydrogen) atoms. The van der Waals surface area contributed by atoms with Crippen molar-refractivity contribution in [3.8, 4) is 0 Å². The van der Waals surface area contributed by atoms with Crippen LogP contribution in [0.1, 0.15) is 74.1 Å². The summed E-state index contributed by atoms with van der Waals surface area (Å²) in [5.41, 5.74) is 0.999. The van der Waals surface area contributed by atoms with E-state index in [1.54, 1.807) is 0 Å². The van der Waals surface area contributed by atoms with Gasteiger partial charge in [0, 0.05) is 0 Å². The molecule has 0 aromatic heterocycles. The van der Waals surface area contributed by atoms with E-state index >= 15 is 0 Å². The second kappa shape index (κ2) is 4.70. The standard InChI is InChI=1S/C16H32/c1-12-8-9-13(15(2,3)4)10-11-14(12)16(5,6)7/h12-14H,8-11H2,1-7H3. The second-order valence-electron chi connectivity index (χ2n) is 8.17. The van der Waals surface area contributed by atoms with Gasteiger partial charge in [0.1, 0.15) is 0 Å². The summed E-state index contributed by atoms with van der Waals surface area (Å²) in [5, 5.41) is 0. The molecule has 0 aromatic rings. The van der Waals surface area contributed by atoms with Gasteiger partial charge < -0.3 is 0 Å². The van der Waals surface area contributed by atoms with Gasteiger partial charge in [0.25, 0.3) is 0 Å². The minimum Gasteiger partial charge on any atom is -0.0622 e. The van der Waals surface area contributed by atoms with Gasteiger partial charge in [-0.2, -0.15) is 0 Å². The minimum absolute atomic E-state index is 0.492. The Kier molecular flexibility index (Phi) is 4.13. The minimum atomic E-state index is 0.492. The van der Waals surface area contributed by atoms with E-state index in [4.69, 9.17) is 0 Å². The summed E-state index contributed by atoms with van der Waals surface area (Å²) in [6.45, 7) is 17.0. The Balaban J connectivity index is 2.70. The maximum Gasteiger partial charge on any atom is -0.0339 e. The van der Waals surface area contributed by atoms with Crippen molar-refractivity contribution < 1.29 is 0 Å². The average Bonchev–Trinajstić information content (AvgIpc) is 2.23. The lowest BCUT2D eigenvalue weighted by molar-refractivity contribution is 0.154. The molecule has 1 aliphatic rings. The summed E-state index contributed by atoms with van der Waals surface area (Å²) in [6, 6.07) is 0. The molecule has 0 bridgehead atoms. The number of hydrogen-bond acceptors (Lipinski definition) is 0. The molecule has 0 radical (unpaired) electrons. The fraction of sp³-hybridized carbons (Fsp3) is 1.00. The van der Waals surface area contributed by atoms with Crippen LogP contribution in [0.5, 0.6) is 0 Å². The third-order valence-corrected chi connectivity index (χ3v) is 4.82. The molecule has 0 aromatic carbocycles. The largest absolute Gasteiger partial charge is 0.0622 e. The topological polar surface area (TPSA) is 0 Å². The van der Waals surface area contributed by atoms with Crippen LogP contribution < -0.4 is 0 Å². The van der Waals surface area contributed by atoms with E-state index < -0.39 is 0 Å². The summed E-state index contributed by atoms with van der Waals surface area (Å²) in [4.78, 5) is 0. The van der Waals surface area contributed by atoms with E-state index in [2.05, 4.69) is 48.5 Å². The highest BCUT2D eigenvalue weighted by atomic mass is 14.4. The van der Waals surface area contributed by atoms with Gasteiger partial charge in [-0.05, 0) is 47.8 Å². The Morgan fingerprint density at radius 3 is 1.62 bits per heavy atom. The van der Waals surface area contributed by atoms with Gasteiger partial charge >= 0.3 is 0 Å². The molecule has 0 heterocycles. The monoisotopic (exact) mass is 224 g/mol. The fourth-order valence-corrected chi connectivity index (χ4v) is 3.63. The van der Waals surface area contributed by atoms with Crippen molar-refractivity contribution in [3.05, 3.63) is 0 Å². The van der Waals surface area contributed by atoms with Gasteiger partial charge in [-0.3, -0.25) is 0 Å². The van der Waals surface area contributed by atoms with E-state index in [1.165, 1.54) is 25.7 Å². The quantitative estimate of drug-likeness (QED) is 0.475. The van der Waals surface area contributed by atoms with Gasteiger partial charge in [0.15, 0.2) is 0 Å². The molecular weight excluding hydrogens is 192 g/mol. The highest BCUT2D eigenvalue weighted by molar-refractivity contribution is 4.85. The molecule has 0 heteroatoms. The van der Waals surface area contributed by atoms with Gasteiger partial charge in [-0.1, -0.05) is 54.9 Å². The van der Waals surface area contributed by atoms with E-state index in [0.29, 0.717) is 10.8 Å². The summed E-state index contributed by atoms with van der Waals surface area (Å²) in [6.07, 6.45) is 5.75. The maximum atomic E-state index is 2.47. The van der Waals surface area contributed by atoms with E-state index in [9.17, 15) is 0 Å². The van der Waals surface area contributed by atoms with Gasteiger partial charge in [0.2, 0.25) is 0 Å². The molecule has 0 nitrogen and oxygen atoms in total. The van der Waals surface area contributed by atoms with Crippen molar-refractivity contribution in [2.24, 2.45) is 28.6 Å². The Hall–Kier alpha value is 0. The third-order valence-electron chi connectivity index (χ3n) is 4.82. The summed E-state index contributed by atoms with van der Waals surface area (Å²) >= 11 is 0. The third kappa shape index (κ3) is 3.50. The lowest BCUT2D eigenvalue weighted by Gasteiger charge is -2.34. The average molecular weight is 224 g/mol. The van der Waals surface area contributed by atoms with Crippen molar-refractivity contribution >= 4 is 0 Å². The molecule has 1 fully saturated rings. The number of hydrogen-bond donors (Lipinski definition) is 0. The predicted octanol–water partition coefficient (Wildman–Crippen LogP) is 5.52. The van der Waals surface area contributed by atoms with Crippen molar-refractivity contribution in [1.29, 1.82) is 0 Å². The zero-order valence-electron chi connectivity index (χ0n) is 12.6. The van der Waals surface area contributed by atoms with E-state index in [0.717, 1.165) is 17.8 Å². The molecule has 0 spiro atoms. The van der Waals surface area contributed by atoms with Crippen molar-refractivity contribution in [1.82, 2.24) is 0 Å². The molecule has 0 N–H and O–H groups in total. The predicted molar refractivity (Wildman–Crippen MR) is 73.5 cm³/mol. The Morgan fingerprint density at radius 2 is 1.19 bits per heavy atom. The van der Waals surface area contributed by atoms with Crippen LogP contribution in [0.15, 0.2) is 0 Å². The van der Waals surface area contributed by atoms with Gasteiger partial charge in [0.05, 0.1) is 0 Å². The Bertz CT molecular complexity index is 213. The molecule has 1 saturated carbocycles. The van der Waals surface area contributed by atoms with Crippen LogP contribution in [-0.4, -0.2) is 0 Å². The smallest absolute Gasteiger partial charge is 0.0339 e. The zero-order chi connectivity index (χ0) is 12.6. The van der Waals surface area contributed by atoms with Crippen LogP contribution >= 0.6 is 0 Å². The highest BCUT2D eigenvalue weighted by Crippen LogP contribution is 2.45. The molecule has 3 unspecified atom stereocenters. The first kappa shape index (κ1) is 14.1. The first-order valence-corrected chi connectivity index (χ1v) is 7.12. The lowest BCUT2D eigenvalue weighted by atomic mass is 9.71. The summed E-state index contributed by atoms with van der Waals surface area (Å²) < 4.78 is 0.